The van der Waals surface area contributed by atoms with Crippen molar-refractivity contribution in [1.82, 2.24) is 25.2 Å². The molecule has 0 spiro atoms. The Morgan fingerprint density at radius 3 is 2.47 bits per heavy atom. The molecule has 0 fully saturated rings. The average molecular weight is 454 g/mol. The number of sulfone groups is 1. The fraction of sp³-hybridized carbons (Fsp3) is 0.200. The molecule has 1 aromatic carbocycles. The maximum absolute atomic E-state index is 12.7. The lowest BCUT2D eigenvalue weighted by Crippen LogP contribution is -2.29. The molecule has 0 unspecified atom stereocenters. The minimum absolute atomic E-state index is 0.0811. The van der Waals surface area contributed by atoms with Gasteiger partial charge in [0.05, 0.1) is 16.8 Å². The lowest BCUT2D eigenvalue weighted by Gasteiger charge is -2.11. The molecule has 0 radical (unpaired) electrons. The Bertz CT molecular complexity index is 1290. The third-order valence-electron chi connectivity index (χ3n) is 3.90. The number of hydrogen-bond acceptors (Lipinski definition) is 11. The van der Waals surface area contributed by atoms with Crippen molar-refractivity contribution < 1.29 is 21.9 Å². The number of nitrogen functional groups attached to an aromatic ring is 1. The summed E-state index contributed by atoms with van der Waals surface area (Å²) in [5.74, 6) is -0.885. The van der Waals surface area contributed by atoms with Gasteiger partial charge in [0.15, 0.2) is 5.03 Å². The molecule has 0 amide bonds. The van der Waals surface area contributed by atoms with Crippen LogP contribution < -0.4 is 16.6 Å². The fourth-order valence-electron chi connectivity index (χ4n) is 2.55. The quantitative estimate of drug-likeness (QED) is 0.307. The number of aromatic nitrogens is 5. The van der Waals surface area contributed by atoms with Gasteiger partial charge in [-0.2, -0.15) is 0 Å². The Hall–Kier alpha value is -2.98. The van der Waals surface area contributed by atoms with Crippen LogP contribution >= 0.6 is 0 Å². The van der Waals surface area contributed by atoms with Crippen molar-refractivity contribution in [3.05, 3.63) is 36.4 Å². The zero-order valence-corrected chi connectivity index (χ0v) is 17.0. The maximum Gasteiger partial charge on any atom is 0.238 e. The van der Waals surface area contributed by atoms with Crippen LogP contribution in [0, 0.1) is 0 Å². The number of aliphatic hydroxyl groups excluding tert-OH is 1. The summed E-state index contributed by atoms with van der Waals surface area (Å²) in [6.07, 6.45) is -1.31. The molecule has 160 valence electrons. The predicted octanol–water partition coefficient (Wildman–Crippen LogP) is -1.95. The summed E-state index contributed by atoms with van der Waals surface area (Å²) in [5.41, 5.74) is 10.9. The van der Waals surface area contributed by atoms with E-state index in [-0.39, 0.29) is 34.3 Å². The largest absolute Gasteiger partial charge is 0.391 e. The van der Waals surface area contributed by atoms with Gasteiger partial charge in [-0.05, 0) is 29.5 Å². The van der Waals surface area contributed by atoms with Gasteiger partial charge in [-0.25, -0.2) is 27.0 Å². The molecule has 3 aromatic rings. The SMILES string of the molecule is NC[C@H](O)CS(=O)(=O)c1nc(N)ccc1-n1nnc(-c2ccccc2S(N)(=O)=O)n1. The first kappa shape index (κ1) is 21.7. The maximum atomic E-state index is 12.7. The van der Waals surface area contributed by atoms with Crippen molar-refractivity contribution in [2.24, 2.45) is 10.9 Å². The van der Waals surface area contributed by atoms with E-state index in [1.807, 2.05) is 0 Å². The third-order valence-corrected chi connectivity index (χ3v) is 6.59. The van der Waals surface area contributed by atoms with Crippen molar-refractivity contribution >= 4 is 25.7 Å². The molecule has 2 heterocycles. The summed E-state index contributed by atoms with van der Waals surface area (Å²) in [6.45, 7) is -0.271. The number of nitrogens with two attached hydrogens (primary N) is 3. The van der Waals surface area contributed by atoms with Crippen molar-refractivity contribution in [2.45, 2.75) is 16.0 Å². The molecule has 0 saturated heterocycles. The number of tetrazole rings is 1. The molecule has 30 heavy (non-hydrogen) atoms. The first-order valence-electron chi connectivity index (χ1n) is 8.33. The van der Waals surface area contributed by atoms with Gasteiger partial charge in [0.25, 0.3) is 0 Å². The van der Waals surface area contributed by atoms with Crippen LogP contribution in [-0.4, -0.2) is 65.5 Å². The summed E-state index contributed by atoms with van der Waals surface area (Å²) >= 11 is 0. The molecule has 0 aliphatic rings. The van der Waals surface area contributed by atoms with Gasteiger partial charge in [-0.1, -0.05) is 12.1 Å². The summed E-state index contributed by atoms with van der Waals surface area (Å²) in [7, 11) is -8.20. The highest BCUT2D eigenvalue weighted by Gasteiger charge is 2.27. The third kappa shape index (κ3) is 4.44. The summed E-state index contributed by atoms with van der Waals surface area (Å²) in [4.78, 5) is 4.48. The van der Waals surface area contributed by atoms with Crippen LogP contribution in [0.25, 0.3) is 17.1 Å². The van der Waals surface area contributed by atoms with E-state index in [1.54, 1.807) is 6.07 Å². The summed E-state index contributed by atoms with van der Waals surface area (Å²) in [6, 6.07) is 8.37. The van der Waals surface area contributed by atoms with Crippen molar-refractivity contribution in [3.8, 4) is 17.1 Å². The Kier molecular flexibility index (Phi) is 5.82. The Labute approximate surface area is 171 Å². The number of pyridine rings is 1. The zero-order valence-electron chi connectivity index (χ0n) is 15.3. The molecule has 0 saturated carbocycles. The molecular formula is C15H18N8O5S2. The summed E-state index contributed by atoms with van der Waals surface area (Å²) in [5, 5.41) is 26.1. The highest BCUT2D eigenvalue weighted by atomic mass is 32.2. The minimum atomic E-state index is -4.13. The van der Waals surface area contributed by atoms with Crippen LogP contribution in [0.2, 0.25) is 0 Å². The highest BCUT2D eigenvalue weighted by Crippen LogP contribution is 2.25. The average Bonchev–Trinajstić information content (AvgIpc) is 3.16. The molecule has 0 bridgehead atoms. The predicted molar refractivity (Wildman–Crippen MR) is 105 cm³/mol. The van der Waals surface area contributed by atoms with Gasteiger partial charge >= 0.3 is 0 Å². The number of nitrogens with zero attached hydrogens (tertiary/aromatic N) is 5. The van der Waals surface area contributed by atoms with Crippen LogP contribution in [0.1, 0.15) is 0 Å². The van der Waals surface area contributed by atoms with E-state index in [2.05, 4.69) is 20.4 Å². The second kappa shape index (κ2) is 8.04. The Morgan fingerprint density at radius 2 is 1.80 bits per heavy atom. The second-order valence-electron chi connectivity index (χ2n) is 6.17. The molecule has 7 N–H and O–H groups in total. The van der Waals surface area contributed by atoms with E-state index < -0.39 is 36.7 Å². The number of sulfonamides is 1. The second-order valence-corrected chi connectivity index (χ2v) is 9.65. The first-order valence-corrected chi connectivity index (χ1v) is 11.5. The Morgan fingerprint density at radius 1 is 1.10 bits per heavy atom. The number of aliphatic hydroxyl groups is 1. The molecule has 13 nitrogen and oxygen atoms in total. The van der Waals surface area contributed by atoms with Crippen LogP contribution in [0.3, 0.4) is 0 Å². The standard InChI is InChI=1S/C15H18N8O5S2/c16-7-9(24)8-29(25,26)15-11(5-6-13(17)19-15)23-21-14(20-22-23)10-3-1-2-4-12(10)30(18,27)28/h1-6,9,24H,7-8,16H2,(H2,17,19)(H2,18,27,28)/t9-/m0/s1. The molecule has 1 atom stereocenters. The van der Waals surface area contributed by atoms with Gasteiger partial charge in [0, 0.05) is 12.1 Å². The number of hydrogen-bond donors (Lipinski definition) is 4. The smallest absolute Gasteiger partial charge is 0.238 e. The molecule has 15 heteroatoms. The van der Waals surface area contributed by atoms with Crippen molar-refractivity contribution in [1.29, 1.82) is 0 Å². The molecule has 3 rings (SSSR count). The van der Waals surface area contributed by atoms with Crippen LogP contribution in [0.5, 0.6) is 0 Å². The first-order chi connectivity index (χ1) is 14.0. The van der Waals surface area contributed by atoms with Gasteiger partial charge in [-0.15, -0.1) is 15.0 Å². The number of rotatable bonds is 7. The van der Waals surface area contributed by atoms with Crippen LogP contribution in [-0.2, 0) is 19.9 Å². The minimum Gasteiger partial charge on any atom is -0.391 e. The van der Waals surface area contributed by atoms with E-state index >= 15 is 0 Å². The normalized spacial score (nSPS) is 13.3. The van der Waals surface area contributed by atoms with Crippen LogP contribution in [0.4, 0.5) is 5.82 Å². The summed E-state index contributed by atoms with van der Waals surface area (Å²) < 4.78 is 49.0. The topological polar surface area (TPSA) is 223 Å². The van der Waals surface area contributed by atoms with E-state index in [1.165, 1.54) is 30.3 Å². The van der Waals surface area contributed by atoms with Crippen molar-refractivity contribution in [2.75, 3.05) is 18.0 Å². The van der Waals surface area contributed by atoms with E-state index in [4.69, 9.17) is 16.6 Å². The zero-order chi connectivity index (χ0) is 22.1. The number of anilines is 1. The highest BCUT2D eigenvalue weighted by molar-refractivity contribution is 7.91. The van der Waals surface area contributed by atoms with E-state index in [0.29, 0.717) is 0 Å². The van der Waals surface area contributed by atoms with Gasteiger partial charge in [0.2, 0.25) is 25.7 Å². The lowest BCUT2D eigenvalue weighted by molar-refractivity contribution is 0.205. The fourth-order valence-corrected chi connectivity index (χ4v) is 4.80. The number of primary sulfonamides is 1. The van der Waals surface area contributed by atoms with Gasteiger partial charge in [0.1, 0.15) is 11.5 Å². The van der Waals surface area contributed by atoms with Crippen molar-refractivity contribution in [3.63, 3.8) is 0 Å². The Balaban J connectivity index is 2.12. The van der Waals surface area contributed by atoms with Gasteiger partial charge in [-0.3, -0.25) is 0 Å². The number of benzene rings is 1. The monoisotopic (exact) mass is 454 g/mol. The molecular weight excluding hydrogens is 436 g/mol. The van der Waals surface area contributed by atoms with E-state index in [9.17, 15) is 21.9 Å². The molecule has 2 aromatic heterocycles. The molecule has 0 aliphatic heterocycles. The molecule has 0 aliphatic carbocycles. The lowest BCUT2D eigenvalue weighted by atomic mass is 10.2. The van der Waals surface area contributed by atoms with Crippen LogP contribution in [0.15, 0.2) is 46.3 Å². The van der Waals surface area contributed by atoms with E-state index in [0.717, 1.165) is 4.80 Å². The van der Waals surface area contributed by atoms with Gasteiger partial charge < -0.3 is 16.6 Å².